The number of nitrogens with zero attached hydrogens (tertiary/aromatic N) is 2. The SMILES string of the molecule is CCCNC(=O)[C@H](CC)N(Cc1ccccc1)C(=O)CN(c1ccccc1Br)S(C)(=O)=O. The standard InChI is InChI=1S/C23H30BrN3O4S/c1-4-15-25-23(29)20(5-2)26(16-18-11-7-6-8-12-18)22(28)17-27(32(3,30)31)21-14-10-9-13-19(21)24/h6-14,20H,4-5,15-17H2,1-3H3,(H,25,29)/t20-/m0/s1. The molecule has 0 saturated carbocycles. The van der Waals surface area contributed by atoms with Crippen molar-refractivity contribution in [1.82, 2.24) is 10.2 Å². The van der Waals surface area contributed by atoms with Crippen molar-refractivity contribution < 1.29 is 18.0 Å². The number of hydrogen-bond acceptors (Lipinski definition) is 4. The first-order valence-corrected chi connectivity index (χ1v) is 13.2. The van der Waals surface area contributed by atoms with E-state index in [0.29, 0.717) is 23.1 Å². The van der Waals surface area contributed by atoms with Gasteiger partial charge in [-0.1, -0.05) is 56.3 Å². The Hall–Kier alpha value is -2.39. The Morgan fingerprint density at radius 2 is 1.66 bits per heavy atom. The van der Waals surface area contributed by atoms with E-state index < -0.39 is 28.5 Å². The molecule has 32 heavy (non-hydrogen) atoms. The van der Waals surface area contributed by atoms with Crippen LogP contribution in [0.4, 0.5) is 5.69 Å². The predicted molar refractivity (Wildman–Crippen MR) is 131 cm³/mol. The molecule has 2 aromatic rings. The number of rotatable bonds is 11. The molecule has 0 aliphatic heterocycles. The number of anilines is 1. The molecule has 0 fully saturated rings. The van der Waals surface area contributed by atoms with Crippen LogP contribution < -0.4 is 9.62 Å². The van der Waals surface area contributed by atoms with Crippen LogP contribution in [-0.4, -0.2) is 50.5 Å². The Kier molecular flexibility index (Phi) is 9.71. The summed E-state index contributed by atoms with van der Waals surface area (Å²) >= 11 is 3.37. The monoisotopic (exact) mass is 523 g/mol. The Balaban J connectivity index is 2.41. The molecule has 1 N–H and O–H groups in total. The number of para-hydroxylation sites is 1. The maximum atomic E-state index is 13.5. The first-order valence-electron chi connectivity index (χ1n) is 10.5. The molecule has 7 nitrogen and oxygen atoms in total. The van der Waals surface area contributed by atoms with E-state index in [1.54, 1.807) is 24.3 Å². The van der Waals surface area contributed by atoms with Crippen molar-refractivity contribution in [2.24, 2.45) is 0 Å². The van der Waals surface area contributed by atoms with Gasteiger partial charge in [0.2, 0.25) is 21.8 Å². The van der Waals surface area contributed by atoms with Crippen LogP contribution in [-0.2, 0) is 26.2 Å². The van der Waals surface area contributed by atoms with E-state index in [-0.39, 0.29) is 12.5 Å². The van der Waals surface area contributed by atoms with E-state index in [1.807, 2.05) is 44.2 Å². The lowest BCUT2D eigenvalue weighted by Crippen LogP contribution is -2.52. The fourth-order valence-corrected chi connectivity index (χ4v) is 4.79. The third-order valence-electron chi connectivity index (χ3n) is 4.93. The average Bonchev–Trinajstić information content (AvgIpc) is 2.76. The van der Waals surface area contributed by atoms with E-state index in [1.165, 1.54) is 4.90 Å². The fraction of sp³-hybridized carbons (Fsp3) is 0.391. The van der Waals surface area contributed by atoms with Crippen molar-refractivity contribution in [3.05, 3.63) is 64.6 Å². The summed E-state index contributed by atoms with van der Waals surface area (Å²) in [4.78, 5) is 27.8. The van der Waals surface area contributed by atoms with Crippen molar-refractivity contribution in [3.63, 3.8) is 0 Å². The number of nitrogens with one attached hydrogen (secondary N) is 1. The molecular formula is C23H30BrN3O4S. The minimum atomic E-state index is -3.75. The normalized spacial score (nSPS) is 12.1. The van der Waals surface area contributed by atoms with Gasteiger partial charge in [-0.2, -0.15) is 0 Å². The van der Waals surface area contributed by atoms with Gasteiger partial charge >= 0.3 is 0 Å². The molecule has 2 amide bonds. The molecule has 2 rings (SSSR count). The van der Waals surface area contributed by atoms with Gasteiger partial charge in [0.1, 0.15) is 12.6 Å². The summed E-state index contributed by atoms with van der Waals surface area (Å²) in [7, 11) is -3.75. The molecule has 9 heteroatoms. The largest absolute Gasteiger partial charge is 0.354 e. The molecule has 0 aromatic heterocycles. The molecule has 0 aliphatic carbocycles. The molecule has 0 aliphatic rings. The molecule has 0 bridgehead atoms. The van der Waals surface area contributed by atoms with E-state index >= 15 is 0 Å². The van der Waals surface area contributed by atoms with Crippen LogP contribution in [0.1, 0.15) is 32.3 Å². The van der Waals surface area contributed by atoms with E-state index in [9.17, 15) is 18.0 Å². The number of carbonyl (C=O) groups is 2. The summed E-state index contributed by atoms with van der Waals surface area (Å²) in [6.45, 7) is 4.09. The molecule has 0 heterocycles. The number of hydrogen-bond donors (Lipinski definition) is 1. The Morgan fingerprint density at radius 1 is 1.03 bits per heavy atom. The molecule has 1 atom stereocenters. The van der Waals surface area contributed by atoms with Gasteiger partial charge in [-0.15, -0.1) is 0 Å². The van der Waals surface area contributed by atoms with Gasteiger partial charge in [-0.3, -0.25) is 13.9 Å². The van der Waals surface area contributed by atoms with Gasteiger partial charge in [0.25, 0.3) is 0 Å². The summed E-state index contributed by atoms with van der Waals surface area (Å²) in [5.41, 5.74) is 1.22. The van der Waals surface area contributed by atoms with Crippen molar-refractivity contribution in [2.45, 2.75) is 39.3 Å². The van der Waals surface area contributed by atoms with Crippen LogP contribution in [0.15, 0.2) is 59.1 Å². The summed E-state index contributed by atoms with van der Waals surface area (Å²) in [5.74, 6) is -0.695. The first-order chi connectivity index (χ1) is 15.2. The lowest BCUT2D eigenvalue weighted by Gasteiger charge is -2.33. The molecule has 0 spiro atoms. The average molecular weight is 524 g/mol. The third kappa shape index (κ3) is 7.06. The lowest BCUT2D eigenvalue weighted by molar-refractivity contribution is -0.140. The Bertz CT molecular complexity index is 1010. The Labute approximate surface area is 199 Å². The fourth-order valence-electron chi connectivity index (χ4n) is 3.31. The second kappa shape index (κ2) is 12.0. The van der Waals surface area contributed by atoms with Crippen molar-refractivity contribution in [3.8, 4) is 0 Å². The second-order valence-corrected chi connectivity index (χ2v) is 10.2. The zero-order valence-electron chi connectivity index (χ0n) is 18.6. The summed E-state index contributed by atoms with van der Waals surface area (Å²) < 4.78 is 26.8. The van der Waals surface area contributed by atoms with Gasteiger partial charge < -0.3 is 10.2 Å². The summed E-state index contributed by atoms with van der Waals surface area (Å²) in [5, 5.41) is 2.86. The first kappa shape index (κ1) is 25.9. The molecule has 0 unspecified atom stereocenters. The maximum Gasteiger partial charge on any atom is 0.244 e. The van der Waals surface area contributed by atoms with Crippen LogP contribution in [0, 0.1) is 0 Å². The van der Waals surface area contributed by atoms with Crippen LogP contribution in [0.3, 0.4) is 0 Å². The van der Waals surface area contributed by atoms with Gasteiger partial charge in [0.15, 0.2) is 0 Å². The highest BCUT2D eigenvalue weighted by Gasteiger charge is 2.32. The van der Waals surface area contributed by atoms with Crippen LogP contribution in [0.5, 0.6) is 0 Å². The third-order valence-corrected chi connectivity index (χ3v) is 6.73. The highest BCUT2D eigenvalue weighted by molar-refractivity contribution is 9.10. The number of sulfonamides is 1. The molecule has 174 valence electrons. The number of carbonyl (C=O) groups excluding carboxylic acids is 2. The highest BCUT2D eigenvalue weighted by Crippen LogP contribution is 2.28. The van der Waals surface area contributed by atoms with E-state index in [4.69, 9.17) is 0 Å². The number of halogens is 1. The lowest BCUT2D eigenvalue weighted by atomic mass is 10.1. The molecule has 0 saturated heterocycles. The van der Waals surface area contributed by atoms with E-state index in [0.717, 1.165) is 22.5 Å². The molecule has 0 radical (unpaired) electrons. The van der Waals surface area contributed by atoms with Gasteiger partial charge in [0.05, 0.1) is 11.9 Å². The van der Waals surface area contributed by atoms with Crippen molar-refractivity contribution >= 4 is 43.5 Å². The van der Waals surface area contributed by atoms with Gasteiger partial charge in [-0.05, 0) is 46.5 Å². The maximum absolute atomic E-state index is 13.5. The van der Waals surface area contributed by atoms with Crippen molar-refractivity contribution in [1.29, 1.82) is 0 Å². The zero-order chi connectivity index (χ0) is 23.7. The zero-order valence-corrected chi connectivity index (χ0v) is 21.0. The predicted octanol–water partition coefficient (Wildman–Crippen LogP) is 3.55. The van der Waals surface area contributed by atoms with Crippen molar-refractivity contribution in [2.75, 3.05) is 23.7 Å². The van der Waals surface area contributed by atoms with Gasteiger partial charge in [-0.25, -0.2) is 8.42 Å². The Morgan fingerprint density at radius 3 is 2.22 bits per heavy atom. The highest BCUT2D eigenvalue weighted by atomic mass is 79.9. The smallest absolute Gasteiger partial charge is 0.244 e. The second-order valence-electron chi connectivity index (χ2n) is 7.44. The summed E-state index contributed by atoms with van der Waals surface area (Å²) in [6, 6.07) is 15.4. The summed E-state index contributed by atoms with van der Waals surface area (Å²) in [6.07, 6.45) is 2.24. The number of amides is 2. The molecular weight excluding hydrogens is 494 g/mol. The minimum absolute atomic E-state index is 0.200. The quantitative estimate of drug-likeness (QED) is 0.487. The number of benzene rings is 2. The van der Waals surface area contributed by atoms with Crippen LogP contribution in [0.2, 0.25) is 0 Å². The van der Waals surface area contributed by atoms with Gasteiger partial charge in [0, 0.05) is 17.6 Å². The van der Waals surface area contributed by atoms with E-state index in [2.05, 4.69) is 21.2 Å². The van der Waals surface area contributed by atoms with Crippen LogP contribution >= 0.6 is 15.9 Å². The minimum Gasteiger partial charge on any atom is -0.354 e. The topological polar surface area (TPSA) is 86.8 Å². The molecule has 2 aromatic carbocycles. The van der Waals surface area contributed by atoms with Crippen LogP contribution in [0.25, 0.3) is 0 Å².